The van der Waals surface area contributed by atoms with Crippen LogP contribution in [0.1, 0.15) is 59.8 Å². The Morgan fingerprint density at radius 2 is 1.94 bits per heavy atom. The molecule has 0 aliphatic carbocycles. The van der Waals surface area contributed by atoms with Crippen LogP contribution in [-0.4, -0.2) is 32.4 Å². The molecule has 0 radical (unpaired) electrons. The first-order valence-corrected chi connectivity index (χ1v) is 13.2. The van der Waals surface area contributed by atoms with E-state index in [2.05, 4.69) is 36.9 Å². The molecule has 0 N–H and O–H groups in total. The lowest BCUT2D eigenvalue weighted by Gasteiger charge is -2.23. The van der Waals surface area contributed by atoms with Gasteiger partial charge in [0.25, 0.3) is 0 Å². The highest BCUT2D eigenvalue weighted by Crippen LogP contribution is 2.30. The fourth-order valence-electron chi connectivity index (χ4n) is 3.43. The van der Waals surface area contributed by atoms with Gasteiger partial charge in [-0.2, -0.15) is 0 Å². The minimum atomic E-state index is -0.411. The normalized spacial score (nSPS) is 11.8. The van der Waals surface area contributed by atoms with Gasteiger partial charge in [-0.25, -0.2) is 0 Å². The van der Waals surface area contributed by atoms with Crippen molar-refractivity contribution in [2.24, 2.45) is 11.3 Å². The Labute approximate surface area is 195 Å². The molecule has 1 heterocycles. The van der Waals surface area contributed by atoms with Gasteiger partial charge in [0, 0.05) is 40.3 Å². The van der Waals surface area contributed by atoms with Crippen molar-refractivity contribution in [3.8, 4) is 0 Å². The highest BCUT2D eigenvalue weighted by molar-refractivity contribution is 7.98. The van der Waals surface area contributed by atoms with Gasteiger partial charge in [0.1, 0.15) is 0 Å². The molecule has 0 aliphatic heterocycles. The van der Waals surface area contributed by atoms with Crippen LogP contribution in [0.15, 0.2) is 34.0 Å². The van der Waals surface area contributed by atoms with E-state index in [9.17, 15) is 9.59 Å². The Morgan fingerprint density at radius 3 is 2.61 bits per heavy atom. The minimum absolute atomic E-state index is 0.0830. The van der Waals surface area contributed by atoms with Crippen molar-refractivity contribution in [2.75, 3.05) is 31.4 Å². The van der Waals surface area contributed by atoms with Crippen molar-refractivity contribution in [1.82, 2.24) is 0 Å². The van der Waals surface area contributed by atoms with Gasteiger partial charge in [-0.3, -0.25) is 9.59 Å². The maximum absolute atomic E-state index is 12.3. The molecular formula is C25H37NO3S2. The number of carbonyl (C=O) groups is 1. The highest BCUT2D eigenvalue weighted by Gasteiger charge is 2.29. The van der Waals surface area contributed by atoms with Crippen LogP contribution in [0.2, 0.25) is 0 Å². The molecule has 0 aliphatic rings. The molecule has 0 spiro atoms. The average Bonchev–Trinajstić information content (AvgIpc) is 2.73. The minimum Gasteiger partial charge on any atom is -0.465 e. The summed E-state index contributed by atoms with van der Waals surface area (Å²) in [5, 5.41) is 1.13. The van der Waals surface area contributed by atoms with Crippen LogP contribution in [-0.2, 0) is 9.53 Å². The van der Waals surface area contributed by atoms with Gasteiger partial charge < -0.3 is 9.64 Å². The molecule has 31 heavy (non-hydrogen) atoms. The summed E-state index contributed by atoms with van der Waals surface area (Å²) in [6, 6.07) is 8.06. The van der Waals surface area contributed by atoms with Crippen LogP contribution in [0.3, 0.4) is 0 Å². The molecule has 0 atom stereocenters. The Balaban J connectivity index is 1.81. The monoisotopic (exact) mass is 463 g/mol. The maximum Gasteiger partial charge on any atom is 0.311 e. The third kappa shape index (κ3) is 7.83. The maximum atomic E-state index is 12.3. The largest absolute Gasteiger partial charge is 0.465 e. The highest BCUT2D eigenvalue weighted by atomic mass is 32.2. The van der Waals surface area contributed by atoms with E-state index in [0.29, 0.717) is 12.5 Å². The summed E-state index contributed by atoms with van der Waals surface area (Å²) >= 11 is 2.99. The second-order valence-corrected chi connectivity index (χ2v) is 11.2. The van der Waals surface area contributed by atoms with E-state index in [1.807, 2.05) is 27.2 Å². The summed E-state index contributed by atoms with van der Waals surface area (Å²) in [6.07, 6.45) is 6.78. The summed E-state index contributed by atoms with van der Waals surface area (Å²) in [7, 11) is 2.04. The molecule has 172 valence electrons. The standard InChI is InChI=1S/C25H37NO3S2/c1-18(2)12-13-25(3,4)24(28)29-15-9-7-8-14-26(5)21-17-23(27)31-22-16-19(30-6)10-11-20(21)22/h10-11,16-18H,7-9,12-15H2,1-6H3. The number of unbranched alkanes of at least 4 members (excludes halogenated alkanes) is 2. The van der Waals surface area contributed by atoms with Crippen LogP contribution in [0.25, 0.3) is 10.1 Å². The Bertz CT molecular complexity index is 921. The average molecular weight is 464 g/mol. The number of benzene rings is 1. The third-order valence-electron chi connectivity index (χ3n) is 5.61. The first-order valence-electron chi connectivity index (χ1n) is 11.1. The third-order valence-corrected chi connectivity index (χ3v) is 7.21. The molecule has 1 aromatic carbocycles. The van der Waals surface area contributed by atoms with E-state index < -0.39 is 5.41 Å². The molecule has 6 heteroatoms. The number of fused-ring (bicyclic) bond motifs is 1. The molecular weight excluding hydrogens is 426 g/mol. The molecule has 0 fully saturated rings. The van der Waals surface area contributed by atoms with Crippen LogP contribution < -0.4 is 9.64 Å². The van der Waals surface area contributed by atoms with Crippen LogP contribution in [0.5, 0.6) is 0 Å². The first-order chi connectivity index (χ1) is 14.6. The van der Waals surface area contributed by atoms with Gasteiger partial charge in [-0.15, -0.1) is 11.8 Å². The predicted octanol–water partition coefficient (Wildman–Crippen LogP) is 6.60. The SMILES string of the molecule is CSc1ccc2c(N(C)CCCCCOC(=O)C(C)(C)CCC(C)C)cc(=O)sc2c1. The number of nitrogens with zero attached hydrogens (tertiary/aromatic N) is 1. The van der Waals surface area contributed by atoms with Crippen molar-refractivity contribution >= 4 is 44.8 Å². The molecule has 0 saturated carbocycles. The zero-order chi connectivity index (χ0) is 23.0. The molecule has 0 amide bonds. The fourth-order valence-corrected chi connectivity index (χ4v) is 4.80. The first kappa shape index (κ1) is 25.7. The van der Waals surface area contributed by atoms with Crippen LogP contribution >= 0.6 is 23.1 Å². The van der Waals surface area contributed by atoms with Crippen molar-refractivity contribution in [3.05, 3.63) is 33.8 Å². The van der Waals surface area contributed by atoms with Gasteiger partial charge in [0.15, 0.2) is 0 Å². The van der Waals surface area contributed by atoms with Crippen LogP contribution in [0.4, 0.5) is 5.69 Å². The Kier molecular flexibility index (Phi) is 9.89. The van der Waals surface area contributed by atoms with E-state index in [1.165, 1.54) is 16.2 Å². The molecule has 2 rings (SSSR count). The van der Waals surface area contributed by atoms with E-state index in [-0.39, 0.29) is 10.7 Å². The topological polar surface area (TPSA) is 46.6 Å². The molecule has 2 aromatic rings. The van der Waals surface area contributed by atoms with Gasteiger partial charge in [0.2, 0.25) is 4.74 Å². The lowest BCUT2D eigenvalue weighted by Crippen LogP contribution is -2.27. The number of anilines is 1. The van der Waals surface area contributed by atoms with Gasteiger partial charge >= 0.3 is 5.97 Å². The number of rotatable bonds is 12. The quantitative estimate of drug-likeness (QED) is 0.202. The summed E-state index contributed by atoms with van der Waals surface area (Å²) in [5.74, 6) is 0.506. The van der Waals surface area contributed by atoms with Crippen LogP contribution in [0, 0.1) is 11.3 Å². The summed E-state index contributed by atoms with van der Waals surface area (Å²) in [6.45, 7) is 9.65. The number of hydrogen-bond donors (Lipinski definition) is 0. The number of hydrogen-bond acceptors (Lipinski definition) is 6. The van der Waals surface area contributed by atoms with Crippen molar-refractivity contribution in [1.29, 1.82) is 0 Å². The Hall–Kier alpha value is -1.53. The number of ether oxygens (including phenoxy) is 1. The fraction of sp³-hybridized carbons (Fsp3) is 0.600. The van der Waals surface area contributed by atoms with Crippen molar-refractivity contribution in [2.45, 2.75) is 64.7 Å². The lowest BCUT2D eigenvalue weighted by atomic mass is 9.85. The van der Waals surface area contributed by atoms with E-state index in [1.54, 1.807) is 17.8 Å². The number of carbonyl (C=O) groups excluding carboxylic acids is 1. The summed E-state index contributed by atoms with van der Waals surface area (Å²) in [5.41, 5.74) is 0.580. The molecule has 1 aromatic heterocycles. The smallest absolute Gasteiger partial charge is 0.311 e. The molecule has 0 saturated heterocycles. The number of thioether (sulfide) groups is 1. The van der Waals surface area contributed by atoms with Crippen molar-refractivity contribution < 1.29 is 9.53 Å². The zero-order valence-electron chi connectivity index (χ0n) is 19.8. The molecule has 4 nitrogen and oxygen atoms in total. The summed E-state index contributed by atoms with van der Waals surface area (Å²) < 4.78 is 6.65. The number of esters is 1. The van der Waals surface area contributed by atoms with Gasteiger partial charge in [-0.05, 0) is 70.3 Å². The summed E-state index contributed by atoms with van der Waals surface area (Å²) in [4.78, 5) is 27.9. The van der Waals surface area contributed by atoms with E-state index >= 15 is 0 Å². The molecule has 0 bridgehead atoms. The molecule has 0 unspecified atom stereocenters. The predicted molar refractivity (Wildman–Crippen MR) is 136 cm³/mol. The van der Waals surface area contributed by atoms with Crippen molar-refractivity contribution in [3.63, 3.8) is 0 Å². The van der Waals surface area contributed by atoms with Gasteiger partial charge in [-0.1, -0.05) is 31.3 Å². The second kappa shape index (κ2) is 11.9. The van der Waals surface area contributed by atoms with Gasteiger partial charge in [0.05, 0.1) is 12.0 Å². The lowest BCUT2D eigenvalue weighted by molar-refractivity contribution is -0.154. The van der Waals surface area contributed by atoms with E-state index in [0.717, 1.165) is 54.4 Å². The Morgan fingerprint density at radius 1 is 1.19 bits per heavy atom. The second-order valence-electron chi connectivity index (χ2n) is 9.25. The zero-order valence-corrected chi connectivity index (χ0v) is 21.5. The van der Waals surface area contributed by atoms with E-state index in [4.69, 9.17) is 4.74 Å².